The lowest BCUT2D eigenvalue weighted by Crippen LogP contribution is -2.32. The monoisotopic (exact) mass is 218 g/mol. The molecule has 0 spiro atoms. The average Bonchev–Trinajstić information content (AvgIpc) is 2.52. The molecule has 0 aliphatic heterocycles. The third kappa shape index (κ3) is 0.677. The summed E-state index contributed by atoms with van der Waals surface area (Å²) in [5.74, 6) is 0.229. The highest BCUT2D eigenvalue weighted by Crippen LogP contribution is 2.89. The van der Waals surface area contributed by atoms with E-state index >= 15 is 0 Å². The van der Waals surface area contributed by atoms with Gasteiger partial charge in [-0.15, -0.1) is 0 Å². The molecule has 0 aromatic heterocycles. The van der Waals surface area contributed by atoms with Gasteiger partial charge in [-0.05, 0) is 39.5 Å². The van der Waals surface area contributed by atoms with Crippen molar-refractivity contribution < 1.29 is 9.59 Å². The maximum Gasteiger partial charge on any atom is 0.144 e. The quantitative estimate of drug-likeness (QED) is 0.527. The van der Waals surface area contributed by atoms with Gasteiger partial charge >= 0.3 is 0 Å². The Bertz CT molecular complexity index is 382. The predicted molar refractivity (Wildman–Crippen MR) is 60.9 cm³/mol. The molecule has 2 nitrogen and oxygen atoms in total. The number of allylic oxidation sites excluding steroid dienone is 2. The lowest BCUT2D eigenvalue weighted by molar-refractivity contribution is -0.135. The zero-order valence-corrected chi connectivity index (χ0v) is 10.0. The Balaban J connectivity index is 2.19. The minimum absolute atomic E-state index is 0.00637. The SMILES string of the molecule is CC(=O)C1(C(C)=O)[C@@]23CC=CC[C@@]12CCC3. The number of hydrogen-bond acceptors (Lipinski definition) is 2. The molecule has 0 aromatic rings. The smallest absolute Gasteiger partial charge is 0.144 e. The van der Waals surface area contributed by atoms with Gasteiger partial charge < -0.3 is 0 Å². The molecular formula is C14H18O2. The molecular weight excluding hydrogens is 200 g/mol. The summed E-state index contributed by atoms with van der Waals surface area (Å²) < 4.78 is 0. The van der Waals surface area contributed by atoms with Gasteiger partial charge in [-0.1, -0.05) is 18.6 Å². The fourth-order valence-electron chi connectivity index (χ4n) is 5.45. The van der Waals surface area contributed by atoms with E-state index in [1.165, 1.54) is 6.42 Å². The molecule has 3 aliphatic rings. The van der Waals surface area contributed by atoms with E-state index in [0.717, 1.165) is 25.7 Å². The van der Waals surface area contributed by atoms with Crippen molar-refractivity contribution in [3.05, 3.63) is 12.2 Å². The van der Waals surface area contributed by atoms with Gasteiger partial charge in [0.05, 0.1) is 5.41 Å². The topological polar surface area (TPSA) is 34.1 Å². The van der Waals surface area contributed by atoms with Gasteiger partial charge in [0.2, 0.25) is 0 Å². The first-order valence-corrected chi connectivity index (χ1v) is 6.22. The van der Waals surface area contributed by atoms with E-state index in [-0.39, 0.29) is 22.4 Å². The summed E-state index contributed by atoms with van der Waals surface area (Å²) in [6.07, 6.45) is 9.55. The molecule has 2 saturated carbocycles. The largest absolute Gasteiger partial charge is 0.299 e. The fraction of sp³-hybridized carbons (Fsp3) is 0.714. The lowest BCUT2D eigenvalue weighted by atomic mass is 9.79. The zero-order valence-electron chi connectivity index (χ0n) is 10.0. The van der Waals surface area contributed by atoms with Crippen molar-refractivity contribution in [3.63, 3.8) is 0 Å². The van der Waals surface area contributed by atoms with Gasteiger partial charge in [0, 0.05) is 10.8 Å². The highest BCUT2D eigenvalue weighted by atomic mass is 16.2. The minimum atomic E-state index is -0.623. The number of hydrogen-bond donors (Lipinski definition) is 0. The minimum Gasteiger partial charge on any atom is -0.299 e. The van der Waals surface area contributed by atoms with Crippen LogP contribution in [-0.4, -0.2) is 11.6 Å². The molecule has 2 atom stereocenters. The number of ketones is 2. The van der Waals surface area contributed by atoms with Gasteiger partial charge in [-0.3, -0.25) is 9.59 Å². The second-order valence-electron chi connectivity index (χ2n) is 5.76. The molecule has 0 N–H and O–H groups in total. The maximum absolute atomic E-state index is 12.1. The third-order valence-electron chi connectivity index (χ3n) is 5.65. The van der Waals surface area contributed by atoms with E-state index in [2.05, 4.69) is 12.2 Å². The molecule has 3 rings (SSSR count). The van der Waals surface area contributed by atoms with E-state index in [4.69, 9.17) is 0 Å². The zero-order chi connectivity index (χ0) is 11.6. The second-order valence-corrected chi connectivity index (χ2v) is 5.76. The van der Waals surface area contributed by atoms with Crippen molar-refractivity contribution in [1.29, 1.82) is 0 Å². The molecule has 0 aromatic carbocycles. The standard InChI is InChI=1S/C14H18O2/c1-10(15)14(11(2)16)12-6-3-4-7-13(12,14)9-5-8-12/h3-4H,5-9H2,1-2H3/t12-,13+. The molecule has 2 fully saturated rings. The normalized spacial score (nSPS) is 42.4. The van der Waals surface area contributed by atoms with E-state index in [0.29, 0.717) is 0 Å². The Morgan fingerprint density at radius 3 is 1.75 bits per heavy atom. The van der Waals surface area contributed by atoms with Crippen LogP contribution in [0, 0.1) is 16.2 Å². The van der Waals surface area contributed by atoms with Crippen molar-refractivity contribution in [1.82, 2.24) is 0 Å². The molecule has 0 heterocycles. The Morgan fingerprint density at radius 1 is 0.938 bits per heavy atom. The van der Waals surface area contributed by atoms with Gasteiger partial charge in [0.1, 0.15) is 11.6 Å². The second kappa shape index (κ2) is 2.66. The van der Waals surface area contributed by atoms with Crippen LogP contribution in [0.5, 0.6) is 0 Å². The first-order valence-electron chi connectivity index (χ1n) is 6.22. The summed E-state index contributed by atoms with van der Waals surface area (Å²) >= 11 is 0. The van der Waals surface area contributed by atoms with Crippen molar-refractivity contribution in [2.75, 3.05) is 0 Å². The van der Waals surface area contributed by atoms with Crippen LogP contribution >= 0.6 is 0 Å². The first-order chi connectivity index (χ1) is 7.55. The molecule has 0 amide bonds. The van der Waals surface area contributed by atoms with Crippen LogP contribution in [0.1, 0.15) is 46.0 Å². The molecule has 86 valence electrons. The van der Waals surface area contributed by atoms with Crippen molar-refractivity contribution in [3.8, 4) is 0 Å². The van der Waals surface area contributed by atoms with Crippen molar-refractivity contribution in [2.45, 2.75) is 46.0 Å². The van der Waals surface area contributed by atoms with Crippen LogP contribution < -0.4 is 0 Å². The van der Waals surface area contributed by atoms with Crippen LogP contribution in [0.25, 0.3) is 0 Å². The Hall–Kier alpha value is -0.920. The molecule has 3 aliphatic carbocycles. The van der Waals surface area contributed by atoms with Gasteiger partial charge in [0.25, 0.3) is 0 Å². The summed E-state index contributed by atoms with van der Waals surface area (Å²) in [6.45, 7) is 3.24. The highest BCUT2D eigenvalue weighted by Gasteiger charge is 2.90. The van der Waals surface area contributed by atoms with E-state index in [1.807, 2.05) is 0 Å². The predicted octanol–water partition coefficient (Wildman–Crippen LogP) is 2.67. The average molecular weight is 218 g/mol. The van der Waals surface area contributed by atoms with Gasteiger partial charge in [-0.25, -0.2) is 0 Å². The van der Waals surface area contributed by atoms with Crippen molar-refractivity contribution >= 4 is 11.6 Å². The van der Waals surface area contributed by atoms with E-state index in [9.17, 15) is 9.59 Å². The Kier molecular flexibility index (Phi) is 1.71. The summed E-state index contributed by atoms with van der Waals surface area (Å²) in [5, 5.41) is 0. The number of rotatable bonds is 2. The van der Waals surface area contributed by atoms with Gasteiger partial charge in [0.15, 0.2) is 0 Å². The van der Waals surface area contributed by atoms with Crippen LogP contribution in [0.4, 0.5) is 0 Å². The molecule has 0 unspecified atom stereocenters. The highest BCUT2D eigenvalue weighted by molar-refractivity contribution is 6.11. The van der Waals surface area contributed by atoms with Gasteiger partial charge in [-0.2, -0.15) is 0 Å². The number of carbonyl (C=O) groups excluding carboxylic acids is 2. The summed E-state index contributed by atoms with van der Waals surface area (Å²) in [4.78, 5) is 24.2. The molecule has 16 heavy (non-hydrogen) atoms. The van der Waals surface area contributed by atoms with Crippen LogP contribution in [-0.2, 0) is 9.59 Å². The first kappa shape index (κ1) is 10.2. The van der Waals surface area contributed by atoms with Crippen LogP contribution in [0.3, 0.4) is 0 Å². The number of carbonyl (C=O) groups is 2. The van der Waals surface area contributed by atoms with Crippen LogP contribution in [0.2, 0.25) is 0 Å². The summed E-state index contributed by atoms with van der Waals surface area (Å²) in [6, 6.07) is 0. The third-order valence-corrected chi connectivity index (χ3v) is 5.65. The fourth-order valence-corrected chi connectivity index (χ4v) is 5.45. The summed E-state index contributed by atoms with van der Waals surface area (Å²) in [5.41, 5.74) is -0.611. The van der Waals surface area contributed by atoms with E-state index < -0.39 is 5.41 Å². The van der Waals surface area contributed by atoms with Crippen LogP contribution in [0.15, 0.2) is 12.2 Å². The Morgan fingerprint density at radius 2 is 1.38 bits per heavy atom. The van der Waals surface area contributed by atoms with E-state index in [1.54, 1.807) is 13.8 Å². The molecule has 0 saturated heterocycles. The maximum atomic E-state index is 12.1. The molecule has 0 radical (unpaired) electrons. The molecule has 0 bridgehead atoms. The molecule has 2 heteroatoms. The summed E-state index contributed by atoms with van der Waals surface area (Å²) in [7, 11) is 0. The number of Topliss-reactive ketones (excluding diaryl/α,β-unsaturated/α-hetero) is 2. The lowest BCUT2D eigenvalue weighted by Gasteiger charge is -2.20. The Labute approximate surface area is 96.1 Å². The van der Waals surface area contributed by atoms with Crippen molar-refractivity contribution in [2.24, 2.45) is 16.2 Å².